The molecule has 0 amide bonds. The fourth-order valence-corrected chi connectivity index (χ4v) is 2.60. The maximum absolute atomic E-state index is 11.5. The fourth-order valence-electron chi connectivity index (χ4n) is 1.65. The zero-order valence-electron chi connectivity index (χ0n) is 10.3. The average Bonchev–Trinajstić information content (AvgIpc) is 2.45. The van der Waals surface area contributed by atoms with Gasteiger partial charge in [0, 0.05) is 4.90 Å². The molecule has 0 spiro atoms. The molecule has 0 radical (unpaired) electrons. The van der Waals surface area contributed by atoms with Crippen LogP contribution in [0.3, 0.4) is 0 Å². The highest BCUT2D eigenvalue weighted by Crippen LogP contribution is 2.16. The number of benzene rings is 2. The van der Waals surface area contributed by atoms with Crippen molar-refractivity contribution in [3.05, 3.63) is 66.2 Å². The van der Waals surface area contributed by atoms with E-state index < -0.39 is 6.04 Å². The van der Waals surface area contributed by atoms with Crippen molar-refractivity contribution in [2.75, 3.05) is 0 Å². The van der Waals surface area contributed by atoms with E-state index in [1.54, 1.807) is 0 Å². The van der Waals surface area contributed by atoms with Crippen molar-refractivity contribution in [1.29, 1.82) is 0 Å². The first-order valence-corrected chi connectivity index (χ1v) is 7.16. The maximum Gasteiger partial charge on any atom is 0.239 e. The predicted molar refractivity (Wildman–Crippen MR) is 80.2 cm³/mol. The van der Waals surface area contributed by atoms with E-state index >= 15 is 0 Å². The standard InChI is InChI=1S/C15H14ClNOS/c16-15(18)14(11-12-7-3-1-4-8-12)17-19-13-9-5-2-6-10-13/h1-10,14,17H,11H2/t14-/m0/s1/i2+0,5+0,6+0,9+0,10+0,13+0. The number of hydrogen-bond donors (Lipinski definition) is 1. The largest absolute Gasteiger partial charge is 0.279 e. The second-order valence-electron chi connectivity index (χ2n) is 4.08. The summed E-state index contributed by atoms with van der Waals surface area (Å²) in [6.45, 7) is 0. The highest BCUT2D eigenvalue weighted by molar-refractivity contribution is 7.97. The number of hydrogen-bond acceptors (Lipinski definition) is 3. The van der Waals surface area contributed by atoms with Gasteiger partial charge in [0.25, 0.3) is 0 Å². The molecule has 2 aromatic rings. The Bertz CT molecular complexity index is 518. The average molecular weight is 292 g/mol. The van der Waals surface area contributed by atoms with Crippen molar-refractivity contribution < 1.29 is 4.79 Å². The number of carbonyl (C=O) groups is 1. The van der Waals surface area contributed by atoms with Crippen LogP contribution >= 0.6 is 23.5 Å². The summed E-state index contributed by atoms with van der Waals surface area (Å²) in [5.41, 5.74) is 1.09. The molecule has 1 N–H and O–H groups in total. The summed E-state index contributed by atoms with van der Waals surface area (Å²) in [5.74, 6) is 0. The van der Waals surface area contributed by atoms with Crippen LogP contribution in [0.1, 0.15) is 5.56 Å². The molecule has 2 nitrogen and oxygen atoms in total. The number of halogens is 1. The molecule has 0 bridgehead atoms. The molecule has 0 heterocycles. The number of nitrogens with one attached hydrogen (secondary N) is 1. The Morgan fingerprint density at radius 2 is 1.63 bits per heavy atom. The van der Waals surface area contributed by atoms with Gasteiger partial charge in [-0.25, -0.2) is 4.72 Å². The molecule has 0 saturated carbocycles. The Morgan fingerprint density at radius 3 is 2.21 bits per heavy atom. The molecule has 1 atom stereocenters. The van der Waals surface area contributed by atoms with E-state index in [0.29, 0.717) is 6.42 Å². The van der Waals surface area contributed by atoms with E-state index in [0.717, 1.165) is 10.5 Å². The van der Waals surface area contributed by atoms with E-state index in [1.165, 1.54) is 11.9 Å². The van der Waals surface area contributed by atoms with Gasteiger partial charge in [-0.3, -0.25) is 4.79 Å². The molecule has 4 heteroatoms. The first-order valence-electron chi connectivity index (χ1n) is 5.96. The maximum atomic E-state index is 11.5. The van der Waals surface area contributed by atoms with Crippen molar-refractivity contribution in [2.24, 2.45) is 0 Å². The summed E-state index contributed by atoms with van der Waals surface area (Å²) in [6, 6.07) is 19.3. The molecule has 0 aliphatic heterocycles. The third-order valence-electron chi connectivity index (χ3n) is 2.62. The summed E-state index contributed by atoms with van der Waals surface area (Å²) in [7, 11) is 0. The van der Waals surface area contributed by atoms with Crippen LogP contribution in [0.25, 0.3) is 0 Å². The first kappa shape index (κ1) is 14.1. The van der Waals surface area contributed by atoms with E-state index in [1.807, 2.05) is 60.7 Å². The van der Waals surface area contributed by atoms with Crippen LogP contribution in [0.15, 0.2) is 65.6 Å². The minimum Gasteiger partial charge on any atom is -0.279 e. The van der Waals surface area contributed by atoms with Crippen LogP contribution < -0.4 is 4.72 Å². The molecule has 19 heavy (non-hydrogen) atoms. The Balaban J connectivity index is 1.95. The van der Waals surface area contributed by atoms with Crippen LogP contribution in [0, 0.1) is 0 Å². The summed E-state index contributed by atoms with van der Waals surface area (Å²) < 4.78 is 3.12. The fraction of sp³-hybridized carbons (Fsp3) is 0.133. The molecule has 2 aromatic carbocycles. The van der Waals surface area contributed by atoms with Crippen LogP contribution in [-0.2, 0) is 11.2 Å². The Labute approximate surface area is 122 Å². The van der Waals surface area contributed by atoms with Crippen LogP contribution in [0.4, 0.5) is 0 Å². The van der Waals surface area contributed by atoms with Crippen molar-refractivity contribution in [3.8, 4) is 0 Å². The second-order valence-corrected chi connectivity index (χ2v) is 5.36. The molecular weight excluding hydrogens is 278 g/mol. The number of rotatable bonds is 6. The zero-order chi connectivity index (χ0) is 13.5. The monoisotopic (exact) mass is 291 g/mol. The second kappa shape index (κ2) is 7.34. The van der Waals surface area contributed by atoms with E-state index in [9.17, 15) is 4.79 Å². The highest BCUT2D eigenvalue weighted by atomic mass is 35.5. The zero-order valence-corrected chi connectivity index (χ0v) is 11.8. The van der Waals surface area contributed by atoms with E-state index in [2.05, 4.69) is 4.72 Å². The Morgan fingerprint density at radius 1 is 1.05 bits per heavy atom. The number of carbonyl (C=O) groups excluding carboxylic acids is 1. The van der Waals surface area contributed by atoms with Crippen LogP contribution in [-0.4, -0.2) is 11.3 Å². The summed E-state index contributed by atoms with van der Waals surface area (Å²) in [4.78, 5) is 12.5. The van der Waals surface area contributed by atoms with E-state index in [4.69, 9.17) is 11.6 Å². The lowest BCUT2D eigenvalue weighted by atomic mass is 10.1. The third kappa shape index (κ3) is 4.71. The third-order valence-corrected chi connectivity index (χ3v) is 3.79. The molecule has 0 aliphatic rings. The van der Waals surface area contributed by atoms with Gasteiger partial charge in [0.15, 0.2) is 0 Å². The van der Waals surface area contributed by atoms with Gasteiger partial charge >= 0.3 is 0 Å². The lowest BCUT2D eigenvalue weighted by Gasteiger charge is -2.14. The van der Waals surface area contributed by atoms with Gasteiger partial charge < -0.3 is 0 Å². The van der Waals surface area contributed by atoms with Gasteiger partial charge in [-0.2, -0.15) is 0 Å². The van der Waals surface area contributed by atoms with Crippen molar-refractivity contribution in [2.45, 2.75) is 17.4 Å². The Kier molecular flexibility index (Phi) is 5.45. The van der Waals surface area contributed by atoms with Gasteiger partial charge in [-0.15, -0.1) is 0 Å². The molecule has 0 unspecified atom stereocenters. The topological polar surface area (TPSA) is 29.1 Å². The summed E-state index contributed by atoms with van der Waals surface area (Å²) in [5, 5.41) is -0.368. The quantitative estimate of drug-likeness (QED) is 0.650. The van der Waals surface area contributed by atoms with Crippen molar-refractivity contribution >= 4 is 28.8 Å². The van der Waals surface area contributed by atoms with Gasteiger partial charge in [0.2, 0.25) is 5.24 Å². The lowest BCUT2D eigenvalue weighted by Crippen LogP contribution is -2.31. The smallest absolute Gasteiger partial charge is 0.239 e. The normalized spacial score (nSPS) is 12.1. The molecule has 2 rings (SSSR count). The van der Waals surface area contributed by atoms with Gasteiger partial charge in [0.05, 0.1) is 6.04 Å². The molecule has 98 valence electrons. The van der Waals surface area contributed by atoms with Gasteiger partial charge in [0.1, 0.15) is 0 Å². The van der Waals surface area contributed by atoms with Gasteiger partial charge in [-0.1, -0.05) is 48.5 Å². The SMILES string of the molecule is O=C(Cl)[C@H](Cc1ccccc1)NS[12c]1[12cH][12cH][12cH][12cH][12cH]1. The molecular formula is C15H14ClNOS. The van der Waals surface area contributed by atoms with Crippen LogP contribution in [0.5, 0.6) is 0 Å². The first-order chi connectivity index (χ1) is 9.25. The van der Waals surface area contributed by atoms with Crippen LogP contribution in [0.2, 0.25) is 0 Å². The molecule has 0 aromatic heterocycles. The van der Waals surface area contributed by atoms with Crippen molar-refractivity contribution in [3.63, 3.8) is 0 Å². The molecule has 0 aliphatic carbocycles. The minimum atomic E-state index is -0.394. The van der Waals surface area contributed by atoms with Gasteiger partial charge in [-0.05, 0) is 47.7 Å². The molecule has 0 saturated heterocycles. The summed E-state index contributed by atoms with van der Waals surface area (Å²) in [6.07, 6.45) is 0.586. The lowest BCUT2D eigenvalue weighted by molar-refractivity contribution is -0.113. The highest BCUT2D eigenvalue weighted by Gasteiger charge is 2.16. The van der Waals surface area contributed by atoms with Crippen molar-refractivity contribution in [1.82, 2.24) is 4.72 Å². The minimum absolute atomic E-state index is 0.368. The molecule has 0 fully saturated rings. The van der Waals surface area contributed by atoms with E-state index in [-0.39, 0.29) is 5.24 Å². The predicted octanol–water partition coefficient (Wildman–Crippen LogP) is 3.66. The summed E-state index contributed by atoms with van der Waals surface area (Å²) >= 11 is 7.07. The Hall–Kier alpha value is -1.29.